The van der Waals surface area contributed by atoms with Crippen molar-refractivity contribution < 1.29 is 23.1 Å². The van der Waals surface area contributed by atoms with Gasteiger partial charge >= 0.3 is 6.18 Å². The Morgan fingerprint density at radius 3 is 2.24 bits per heavy atom. The molecule has 194 valence electrons. The summed E-state index contributed by atoms with van der Waals surface area (Å²) in [6.45, 7) is 3.57. The Morgan fingerprint density at radius 1 is 0.946 bits per heavy atom. The molecule has 0 spiro atoms. The molecule has 0 aliphatic heterocycles. The SMILES string of the molecule is C=C(/C=C(\Nc1cccc(CN)c1)C(=O)Nc1cccc(C(NCCO)c2ccccc2)c1)C(F)(F)F. The van der Waals surface area contributed by atoms with Crippen molar-refractivity contribution in [2.24, 2.45) is 5.73 Å². The minimum atomic E-state index is -4.70. The van der Waals surface area contributed by atoms with Crippen LogP contribution in [0, 0.1) is 0 Å². The van der Waals surface area contributed by atoms with Gasteiger partial charge in [-0.05, 0) is 47.0 Å². The van der Waals surface area contributed by atoms with Crippen LogP contribution in [-0.4, -0.2) is 30.3 Å². The first kappa shape index (κ1) is 27.7. The highest BCUT2D eigenvalue weighted by Crippen LogP contribution is 2.28. The van der Waals surface area contributed by atoms with Gasteiger partial charge in [0.25, 0.3) is 5.91 Å². The largest absolute Gasteiger partial charge is 0.415 e. The van der Waals surface area contributed by atoms with Gasteiger partial charge < -0.3 is 26.8 Å². The van der Waals surface area contributed by atoms with Crippen LogP contribution >= 0.6 is 0 Å². The lowest BCUT2D eigenvalue weighted by molar-refractivity contribution is -0.112. The molecule has 1 atom stereocenters. The van der Waals surface area contributed by atoms with Crippen LogP contribution in [0.2, 0.25) is 0 Å². The second-order valence-corrected chi connectivity index (χ2v) is 8.21. The number of aliphatic hydroxyl groups excluding tert-OH is 1. The van der Waals surface area contributed by atoms with E-state index >= 15 is 0 Å². The van der Waals surface area contributed by atoms with Gasteiger partial charge in [-0.15, -0.1) is 0 Å². The average molecular weight is 511 g/mol. The topological polar surface area (TPSA) is 99.4 Å². The molecule has 0 aliphatic carbocycles. The molecular formula is C28H29F3N4O2. The number of carbonyl (C=O) groups excluding carboxylic acids is 1. The number of benzene rings is 3. The third kappa shape index (κ3) is 8.04. The van der Waals surface area contributed by atoms with Crippen molar-refractivity contribution in [3.63, 3.8) is 0 Å². The highest BCUT2D eigenvalue weighted by atomic mass is 19.4. The predicted octanol–water partition coefficient (Wildman–Crippen LogP) is 4.87. The molecule has 0 fully saturated rings. The van der Waals surface area contributed by atoms with Gasteiger partial charge in [0.05, 0.1) is 18.2 Å². The van der Waals surface area contributed by atoms with Gasteiger partial charge in [0.2, 0.25) is 0 Å². The van der Waals surface area contributed by atoms with Crippen LogP contribution in [-0.2, 0) is 11.3 Å². The number of allylic oxidation sites excluding steroid dienone is 2. The summed E-state index contributed by atoms with van der Waals surface area (Å²) in [7, 11) is 0. The minimum Gasteiger partial charge on any atom is -0.395 e. The fourth-order valence-electron chi connectivity index (χ4n) is 3.62. The molecule has 3 aromatic carbocycles. The number of rotatable bonds is 11. The van der Waals surface area contributed by atoms with Crippen molar-refractivity contribution in [3.05, 3.63) is 119 Å². The Kier molecular flexibility index (Phi) is 9.62. The minimum absolute atomic E-state index is 0.0615. The van der Waals surface area contributed by atoms with Crippen LogP contribution in [0.25, 0.3) is 0 Å². The van der Waals surface area contributed by atoms with Crippen LogP contribution in [0.5, 0.6) is 0 Å². The standard InChI is InChI=1S/C28H29F3N4O2/c1-19(28(29,30)31)15-25(34-23-11-5-7-20(16-23)18-32)27(37)35-24-12-6-10-22(17-24)26(33-13-14-36)21-8-3-2-4-9-21/h2-12,15-17,26,33-34,36H,1,13-14,18,32H2,(H,35,37)/b25-15-. The van der Waals surface area contributed by atoms with E-state index in [9.17, 15) is 23.1 Å². The lowest BCUT2D eigenvalue weighted by Gasteiger charge is -2.20. The van der Waals surface area contributed by atoms with Crippen molar-refractivity contribution in [2.75, 3.05) is 23.8 Å². The predicted molar refractivity (Wildman–Crippen MR) is 140 cm³/mol. The molecule has 0 saturated carbocycles. The zero-order chi connectivity index (χ0) is 26.8. The van der Waals surface area contributed by atoms with Gasteiger partial charge in [0, 0.05) is 24.5 Å². The Labute approximate surface area is 213 Å². The molecule has 1 amide bonds. The van der Waals surface area contributed by atoms with Crippen molar-refractivity contribution >= 4 is 17.3 Å². The molecule has 3 aromatic rings. The van der Waals surface area contributed by atoms with Crippen molar-refractivity contribution in [1.82, 2.24) is 5.32 Å². The number of alkyl halides is 3. The molecular weight excluding hydrogens is 481 g/mol. The monoisotopic (exact) mass is 510 g/mol. The van der Waals surface area contributed by atoms with Crippen LogP contribution in [0.3, 0.4) is 0 Å². The average Bonchev–Trinajstić information content (AvgIpc) is 2.89. The summed E-state index contributed by atoms with van der Waals surface area (Å²) in [5, 5.41) is 18.0. The summed E-state index contributed by atoms with van der Waals surface area (Å²) >= 11 is 0. The van der Waals surface area contributed by atoms with Gasteiger partial charge in [0.1, 0.15) is 5.70 Å². The quantitative estimate of drug-likeness (QED) is 0.187. The number of anilines is 2. The number of nitrogens with two attached hydrogens (primary N) is 1. The first-order valence-electron chi connectivity index (χ1n) is 11.6. The highest BCUT2D eigenvalue weighted by Gasteiger charge is 2.31. The summed E-state index contributed by atoms with van der Waals surface area (Å²) in [6, 6.07) is 22.9. The molecule has 0 heterocycles. The fourth-order valence-corrected chi connectivity index (χ4v) is 3.62. The molecule has 0 aromatic heterocycles. The maximum absolute atomic E-state index is 13.2. The van der Waals surface area contributed by atoms with E-state index in [1.165, 1.54) is 0 Å². The smallest absolute Gasteiger partial charge is 0.395 e. The van der Waals surface area contributed by atoms with Crippen molar-refractivity contribution in [3.8, 4) is 0 Å². The molecule has 9 heteroatoms. The summed E-state index contributed by atoms with van der Waals surface area (Å²) in [5.74, 6) is -0.778. The second kappa shape index (κ2) is 12.9. The zero-order valence-corrected chi connectivity index (χ0v) is 20.1. The first-order valence-corrected chi connectivity index (χ1v) is 11.6. The van der Waals surface area contributed by atoms with Crippen molar-refractivity contribution in [1.29, 1.82) is 0 Å². The van der Waals surface area contributed by atoms with Gasteiger partial charge in [-0.3, -0.25) is 4.79 Å². The van der Waals surface area contributed by atoms with E-state index < -0.39 is 17.7 Å². The van der Waals surface area contributed by atoms with Gasteiger partial charge in [0.15, 0.2) is 0 Å². The van der Waals surface area contributed by atoms with Crippen molar-refractivity contribution in [2.45, 2.75) is 18.8 Å². The lowest BCUT2D eigenvalue weighted by Crippen LogP contribution is -2.26. The Balaban J connectivity index is 1.89. The first-order chi connectivity index (χ1) is 17.7. The third-order valence-electron chi connectivity index (χ3n) is 5.44. The van der Waals surface area contributed by atoms with E-state index in [0.29, 0.717) is 24.0 Å². The number of hydrogen-bond acceptors (Lipinski definition) is 5. The third-order valence-corrected chi connectivity index (χ3v) is 5.44. The molecule has 0 bridgehead atoms. The number of halogens is 3. The van der Waals surface area contributed by atoms with Crippen LogP contribution < -0.4 is 21.7 Å². The van der Waals surface area contributed by atoms with Crippen LogP contribution in [0.1, 0.15) is 22.7 Å². The molecule has 3 rings (SSSR count). The van der Waals surface area contributed by atoms with Gasteiger partial charge in [-0.25, -0.2) is 0 Å². The Hall–Kier alpha value is -3.92. The number of hydrogen-bond donors (Lipinski definition) is 5. The Bertz CT molecular complexity index is 1240. The maximum Gasteiger partial charge on any atom is 0.415 e. The molecule has 37 heavy (non-hydrogen) atoms. The molecule has 0 radical (unpaired) electrons. The van der Waals surface area contributed by atoms with E-state index in [-0.39, 0.29) is 24.9 Å². The fraction of sp³-hybridized carbons (Fsp3) is 0.179. The van der Waals surface area contributed by atoms with E-state index in [1.807, 2.05) is 36.4 Å². The number of carbonyl (C=O) groups is 1. The zero-order valence-electron chi connectivity index (χ0n) is 20.1. The number of nitrogens with one attached hydrogen (secondary N) is 3. The van der Waals surface area contributed by atoms with Crippen LogP contribution in [0.4, 0.5) is 24.5 Å². The normalized spacial score (nSPS) is 12.6. The molecule has 0 aliphatic rings. The lowest BCUT2D eigenvalue weighted by atomic mass is 9.98. The second-order valence-electron chi connectivity index (χ2n) is 8.21. The highest BCUT2D eigenvalue weighted by molar-refractivity contribution is 6.06. The van der Waals surface area contributed by atoms with E-state index in [4.69, 9.17) is 5.73 Å². The summed E-state index contributed by atoms with van der Waals surface area (Å²) in [4.78, 5) is 13.1. The maximum atomic E-state index is 13.2. The molecule has 6 N–H and O–H groups in total. The Morgan fingerprint density at radius 2 is 1.59 bits per heavy atom. The molecule has 0 saturated heterocycles. The van der Waals surface area contributed by atoms with Gasteiger partial charge in [-0.1, -0.05) is 61.2 Å². The van der Waals surface area contributed by atoms with E-state index in [1.54, 1.807) is 42.5 Å². The van der Waals surface area contributed by atoms with E-state index in [0.717, 1.165) is 16.7 Å². The van der Waals surface area contributed by atoms with Gasteiger partial charge in [-0.2, -0.15) is 13.2 Å². The molecule has 1 unspecified atom stereocenters. The number of amides is 1. The van der Waals surface area contributed by atoms with Crippen LogP contribution in [0.15, 0.2) is 103 Å². The number of aliphatic hydroxyl groups is 1. The molecule has 6 nitrogen and oxygen atoms in total. The summed E-state index contributed by atoms with van der Waals surface area (Å²) in [5.41, 5.74) is 7.43. The summed E-state index contributed by atoms with van der Waals surface area (Å²) < 4.78 is 39.7. The van der Waals surface area contributed by atoms with E-state index in [2.05, 4.69) is 22.5 Å². The summed E-state index contributed by atoms with van der Waals surface area (Å²) in [6.07, 6.45) is -4.03.